The molecule has 1 aromatic heterocycles. The van der Waals surface area contributed by atoms with Gasteiger partial charge in [-0.1, -0.05) is 18.5 Å². The fourth-order valence-electron chi connectivity index (χ4n) is 2.15. The topological polar surface area (TPSA) is 56.2 Å². The predicted molar refractivity (Wildman–Crippen MR) is 75.3 cm³/mol. The zero-order chi connectivity index (χ0) is 14.5. The molecule has 0 aliphatic heterocycles. The van der Waals surface area contributed by atoms with Crippen LogP contribution >= 0.6 is 11.6 Å². The van der Waals surface area contributed by atoms with Crippen molar-refractivity contribution in [3.8, 4) is 0 Å². The van der Waals surface area contributed by atoms with Gasteiger partial charge in [0, 0.05) is 6.20 Å². The first-order valence-electron chi connectivity index (χ1n) is 6.54. The molecule has 0 saturated carbocycles. The van der Waals surface area contributed by atoms with Crippen LogP contribution in [0.4, 0.5) is 0 Å². The molecule has 0 radical (unpaired) electrons. The van der Waals surface area contributed by atoms with Crippen LogP contribution in [-0.4, -0.2) is 34.4 Å². The lowest BCUT2D eigenvalue weighted by Crippen LogP contribution is -2.51. The summed E-state index contributed by atoms with van der Waals surface area (Å²) in [6.45, 7) is 8.70. The van der Waals surface area contributed by atoms with Gasteiger partial charge in [-0.15, -0.1) is 0 Å². The number of likely N-dealkylation sites (N-methyl/N-ethyl adjacent to an activating group) is 1. The minimum absolute atomic E-state index is 0.0426. The molecule has 0 bridgehead atoms. The summed E-state index contributed by atoms with van der Waals surface area (Å²) in [5.41, 5.74) is -0.720. The maximum atomic E-state index is 12.1. The van der Waals surface area contributed by atoms with Crippen LogP contribution in [0.2, 0.25) is 5.02 Å². The molecule has 0 saturated heterocycles. The van der Waals surface area contributed by atoms with Crippen molar-refractivity contribution in [3.63, 3.8) is 0 Å². The molecule has 0 fully saturated rings. The van der Waals surface area contributed by atoms with Gasteiger partial charge in [0.05, 0.1) is 23.9 Å². The second kappa shape index (κ2) is 6.91. The Balaban J connectivity index is 2.80. The highest BCUT2D eigenvalue weighted by atomic mass is 35.5. The summed E-state index contributed by atoms with van der Waals surface area (Å²) < 4.78 is 6.91. The van der Waals surface area contributed by atoms with Crippen LogP contribution < -0.4 is 5.32 Å². The molecule has 1 aromatic rings. The summed E-state index contributed by atoms with van der Waals surface area (Å²) in [4.78, 5) is 12.1. The standard InChI is InChI=1S/C13H22ClN3O2/c1-5-15-13(4,12(18)19-6-2)7-10(3)17-9-11(14)8-16-17/h8-10,15H,5-7H2,1-4H3. The summed E-state index contributed by atoms with van der Waals surface area (Å²) in [6, 6.07) is 0.0426. The van der Waals surface area contributed by atoms with Gasteiger partial charge in [0.1, 0.15) is 5.54 Å². The number of ether oxygens (including phenoxy) is 1. The second-order valence-electron chi connectivity index (χ2n) is 4.77. The van der Waals surface area contributed by atoms with E-state index in [9.17, 15) is 4.79 Å². The third-order valence-corrected chi connectivity index (χ3v) is 3.21. The molecule has 0 aliphatic rings. The van der Waals surface area contributed by atoms with E-state index in [0.717, 1.165) is 0 Å². The summed E-state index contributed by atoms with van der Waals surface area (Å²) in [5, 5.41) is 7.96. The summed E-state index contributed by atoms with van der Waals surface area (Å²) >= 11 is 5.86. The molecule has 0 spiro atoms. The van der Waals surface area contributed by atoms with Crippen molar-refractivity contribution in [2.45, 2.75) is 45.7 Å². The molecule has 2 atom stereocenters. The van der Waals surface area contributed by atoms with Crippen LogP contribution in [0.25, 0.3) is 0 Å². The first kappa shape index (κ1) is 16.0. The van der Waals surface area contributed by atoms with Gasteiger partial charge in [0.15, 0.2) is 0 Å². The van der Waals surface area contributed by atoms with Crippen LogP contribution in [0, 0.1) is 0 Å². The van der Waals surface area contributed by atoms with Gasteiger partial charge in [0.2, 0.25) is 0 Å². The van der Waals surface area contributed by atoms with E-state index in [1.807, 2.05) is 20.8 Å². The van der Waals surface area contributed by atoms with Crippen LogP contribution in [0.5, 0.6) is 0 Å². The number of hydrogen-bond acceptors (Lipinski definition) is 4. The van der Waals surface area contributed by atoms with E-state index < -0.39 is 5.54 Å². The van der Waals surface area contributed by atoms with Crippen molar-refractivity contribution in [1.82, 2.24) is 15.1 Å². The van der Waals surface area contributed by atoms with E-state index in [2.05, 4.69) is 10.4 Å². The molecule has 5 nitrogen and oxygen atoms in total. The van der Waals surface area contributed by atoms with E-state index in [-0.39, 0.29) is 12.0 Å². The number of aromatic nitrogens is 2. The Bertz CT molecular complexity index is 422. The van der Waals surface area contributed by atoms with Crippen LogP contribution in [0.3, 0.4) is 0 Å². The number of carbonyl (C=O) groups excluding carboxylic acids is 1. The van der Waals surface area contributed by atoms with Crippen LogP contribution in [-0.2, 0) is 9.53 Å². The number of halogens is 1. The number of hydrogen-bond donors (Lipinski definition) is 1. The van der Waals surface area contributed by atoms with E-state index in [4.69, 9.17) is 16.3 Å². The van der Waals surface area contributed by atoms with Gasteiger partial charge in [-0.05, 0) is 33.7 Å². The summed E-state index contributed by atoms with van der Waals surface area (Å²) in [6.07, 6.45) is 3.93. The molecule has 108 valence electrons. The fourth-order valence-corrected chi connectivity index (χ4v) is 2.29. The molecule has 19 heavy (non-hydrogen) atoms. The first-order valence-corrected chi connectivity index (χ1v) is 6.92. The molecule has 0 amide bonds. The monoisotopic (exact) mass is 287 g/mol. The van der Waals surface area contributed by atoms with Crippen molar-refractivity contribution in [2.24, 2.45) is 0 Å². The average Bonchev–Trinajstić information content (AvgIpc) is 2.76. The van der Waals surface area contributed by atoms with Gasteiger partial charge < -0.3 is 10.1 Å². The zero-order valence-electron chi connectivity index (χ0n) is 11.9. The minimum atomic E-state index is -0.720. The van der Waals surface area contributed by atoms with Crippen molar-refractivity contribution >= 4 is 17.6 Å². The smallest absolute Gasteiger partial charge is 0.326 e. The van der Waals surface area contributed by atoms with Crippen molar-refractivity contribution in [1.29, 1.82) is 0 Å². The lowest BCUT2D eigenvalue weighted by molar-refractivity contribution is -0.151. The highest BCUT2D eigenvalue weighted by Gasteiger charge is 2.35. The lowest BCUT2D eigenvalue weighted by Gasteiger charge is -2.30. The van der Waals surface area contributed by atoms with Gasteiger partial charge in [0.25, 0.3) is 0 Å². The van der Waals surface area contributed by atoms with E-state index in [0.29, 0.717) is 24.6 Å². The number of nitrogens with zero attached hydrogens (tertiary/aromatic N) is 2. The number of esters is 1. The molecule has 6 heteroatoms. The summed E-state index contributed by atoms with van der Waals surface area (Å²) in [5.74, 6) is -0.234. The zero-order valence-corrected chi connectivity index (χ0v) is 12.7. The van der Waals surface area contributed by atoms with Crippen molar-refractivity contribution in [3.05, 3.63) is 17.4 Å². The molecule has 0 aliphatic carbocycles. The van der Waals surface area contributed by atoms with Gasteiger partial charge in [-0.3, -0.25) is 9.48 Å². The molecule has 1 heterocycles. The third-order valence-electron chi connectivity index (χ3n) is 3.02. The lowest BCUT2D eigenvalue weighted by atomic mass is 9.93. The Kier molecular flexibility index (Phi) is 5.82. The number of nitrogens with one attached hydrogen (secondary N) is 1. The second-order valence-corrected chi connectivity index (χ2v) is 5.21. The quantitative estimate of drug-likeness (QED) is 0.783. The summed E-state index contributed by atoms with van der Waals surface area (Å²) in [7, 11) is 0. The molecule has 2 unspecified atom stereocenters. The van der Waals surface area contributed by atoms with E-state index in [1.54, 1.807) is 24.0 Å². The Morgan fingerprint density at radius 3 is 2.79 bits per heavy atom. The first-order chi connectivity index (χ1) is 8.92. The van der Waals surface area contributed by atoms with Crippen molar-refractivity contribution < 1.29 is 9.53 Å². The SMILES string of the molecule is CCNC(C)(CC(C)n1cc(Cl)cn1)C(=O)OCC. The van der Waals surface area contributed by atoms with Gasteiger partial charge in [-0.2, -0.15) is 5.10 Å². The molecule has 0 aromatic carbocycles. The number of carbonyl (C=O) groups is 1. The highest BCUT2D eigenvalue weighted by Crippen LogP contribution is 2.23. The Morgan fingerprint density at radius 2 is 2.32 bits per heavy atom. The largest absolute Gasteiger partial charge is 0.465 e. The third kappa shape index (κ3) is 4.21. The van der Waals surface area contributed by atoms with E-state index in [1.165, 1.54) is 0 Å². The average molecular weight is 288 g/mol. The van der Waals surface area contributed by atoms with E-state index >= 15 is 0 Å². The van der Waals surface area contributed by atoms with Crippen molar-refractivity contribution in [2.75, 3.05) is 13.2 Å². The van der Waals surface area contributed by atoms with Gasteiger partial charge in [-0.25, -0.2) is 0 Å². The minimum Gasteiger partial charge on any atom is -0.465 e. The maximum absolute atomic E-state index is 12.1. The van der Waals surface area contributed by atoms with Crippen LogP contribution in [0.15, 0.2) is 12.4 Å². The molecule has 1 rings (SSSR count). The predicted octanol–water partition coefficient (Wildman–Crippen LogP) is 2.42. The van der Waals surface area contributed by atoms with Gasteiger partial charge >= 0.3 is 5.97 Å². The highest BCUT2D eigenvalue weighted by molar-refractivity contribution is 6.30. The number of rotatable bonds is 7. The Morgan fingerprint density at radius 1 is 1.63 bits per heavy atom. The normalized spacial score (nSPS) is 15.8. The Labute approximate surface area is 119 Å². The molecular formula is C13H22ClN3O2. The Hall–Kier alpha value is -1.07. The molecular weight excluding hydrogens is 266 g/mol. The fraction of sp³-hybridized carbons (Fsp3) is 0.692. The van der Waals surface area contributed by atoms with Crippen LogP contribution in [0.1, 0.15) is 40.2 Å². The maximum Gasteiger partial charge on any atom is 0.326 e. The molecule has 1 N–H and O–H groups in total.